The van der Waals surface area contributed by atoms with Crippen LogP contribution in [0.5, 0.6) is 5.75 Å². The van der Waals surface area contributed by atoms with Gasteiger partial charge in [-0.2, -0.15) is 5.10 Å². The standard InChI is InChI=1S/C16H19N3OS/c1-11-5-3-8-14(11)18-19-16-17-15(10-21-16)12-6-4-7-13(9-12)20-2/h4,6-7,9-11H,3,5,8H2,1-2H3,(H,17,19)/b18-14+. The van der Waals surface area contributed by atoms with Crippen molar-refractivity contribution >= 4 is 22.2 Å². The van der Waals surface area contributed by atoms with Crippen LogP contribution < -0.4 is 10.2 Å². The monoisotopic (exact) mass is 301 g/mol. The van der Waals surface area contributed by atoms with Gasteiger partial charge in [-0.15, -0.1) is 11.3 Å². The summed E-state index contributed by atoms with van der Waals surface area (Å²) in [6.07, 6.45) is 3.59. The Hall–Kier alpha value is -1.88. The molecule has 1 N–H and O–H groups in total. The molecule has 1 aromatic heterocycles. The van der Waals surface area contributed by atoms with Gasteiger partial charge in [-0.3, -0.25) is 5.43 Å². The van der Waals surface area contributed by atoms with Crippen LogP contribution in [0.15, 0.2) is 34.7 Å². The SMILES string of the molecule is COc1cccc(-c2csc(N/N=C3\CCCC3C)n2)c1. The second-order valence-electron chi connectivity index (χ2n) is 5.28. The number of hydrazone groups is 1. The summed E-state index contributed by atoms with van der Waals surface area (Å²) in [6, 6.07) is 7.93. The molecule has 1 aliphatic rings. The summed E-state index contributed by atoms with van der Waals surface area (Å²) in [5.74, 6) is 1.44. The highest BCUT2D eigenvalue weighted by molar-refractivity contribution is 7.14. The van der Waals surface area contributed by atoms with Gasteiger partial charge in [-0.25, -0.2) is 4.98 Å². The molecular formula is C16H19N3OS. The molecule has 1 atom stereocenters. The first-order valence-electron chi connectivity index (χ1n) is 7.18. The average Bonchev–Trinajstić information content (AvgIpc) is 3.14. The molecule has 0 saturated heterocycles. The summed E-state index contributed by atoms with van der Waals surface area (Å²) < 4.78 is 5.25. The van der Waals surface area contributed by atoms with Crippen molar-refractivity contribution in [3.05, 3.63) is 29.6 Å². The highest BCUT2D eigenvalue weighted by Crippen LogP contribution is 2.28. The number of rotatable bonds is 4. The Morgan fingerprint density at radius 1 is 1.43 bits per heavy atom. The quantitative estimate of drug-likeness (QED) is 0.851. The molecule has 5 heteroatoms. The van der Waals surface area contributed by atoms with Crippen molar-refractivity contribution in [2.75, 3.05) is 12.5 Å². The van der Waals surface area contributed by atoms with E-state index in [9.17, 15) is 0 Å². The molecular weight excluding hydrogens is 282 g/mol. The minimum Gasteiger partial charge on any atom is -0.497 e. The number of thiazole rings is 1. The molecule has 1 aliphatic carbocycles. The van der Waals surface area contributed by atoms with Gasteiger partial charge in [-0.05, 0) is 37.3 Å². The number of aromatic nitrogens is 1. The van der Waals surface area contributed by atoms with Gasteiger partial charge in [0.25, 0.3) is 0 Å². The largest absolute Gasteiger partial charge is 0.497 e. The molecule has 21 heavy (non-hydrogen) atoms. The maximum atomic E-state index is 5.25. The normalized spacial score (nSPS) is 19.9. The Labute approximate surface area is 128 Å². The highest BCUT2D eigenvalue weighted by atomic mass is 32.1. The molecule has 0 amide bonds. The Balaban J connectivity index is 1.74. The van der Waals surface area contributed by atoms with Crippen LogP contribution in [0.2, 0.25) is 0 Å². The third kappa shape index (κ3) is 3.24. The Bertz CT molecular complexity index is 650. The van der Waals surface area contributed by atoms with Crippen molar-refractivity contribution in [2.45, 2.75) is 26.2 Å². The number of nitrogens with one attached hydrogen (secondary N) is 1. The number of hydrogen-bond donors (Lipinski definition) is 1. The van der Waals surface area contributed by atoms with E-state index in [1.807, 2.05) is 29.6 Å². The molecule has 0 radical (unpaired) electrons. The van der Waals surface area contributed by atoms with Gasteiger partial charge in [0.05, 0.1) is 12.8 Å². The summed E-state index contributed by atoms with van der Waals surface area (Å²) in [5.41, 5.74) is 6.36. The van der Waals surface area contributed by atoms with Gasteiger partial charge in [0.2, 0.25) is 5.13 Å². The second-order valence-corrected chi connectivity index (χ2v) is 6.14. The van der Waals surface area contributed by atoms with E-state index in [-0.39, 0.29) is 0 Å². The van der Waals surface area contributed by atoms with Crippen LogP contribution in [-0.4, -0.2) is 17.8 Å². The zero-order chi connectivity index (χ0) is 14.7. The van der Waals surface area contributed by atoms with Gasteiger partial charge < -0.3 is 4.74 Å². The minimum atomic E-state index is 0.593. The molecule has 0 aliphatic heterocycles. The predicted octanol–water partition coefficient (Wildman–Crippen LogP) is 4.41. The zero-order valence-electron chi connectivity index (χ0n) is 12.3. The molecule has 110 valence electrons. The van der Waals surface area contributed by atoms with Crippen molar-refractivity contribution in [2.24, 2.45) is 11.0 Å². The van der Waals surface area contributed by atoms with Crippen LogP contribution in [-0.2, 0) is 0 Å². The van der Waals surface area contributed by atoms with Gasteiger partial charge >= 0.3 is 0 Å². The lowest BCUT2D eigenvalue weighted by molar-refractivity contribution is 0.415. The van der Waals surface area contributed by atoms with Crippen LogP contribution in [0.1, 0.15) is 26.2 Å². The van der Waals surface area contributed by atoms with Crippen LogP contribution in [0.25, 0.3) is 11.3 Å². The van der Waals surface area contributed by atoms with Gasteiger partial charge in [0.1, 0.15) is 5.75 Å². The zero-order valence-corrected chi connectivity index (χ0v) is 13.1. The molecule has 2 aromatic rings. The molecule has 1 unspecified atom stereocenters. The van der Waals surface area contributed by atoms with E-state index in [2.05, 4.69) is 22.4 Å². The number of ether oxygens (including phenoxy) is 1. The third-order valence-electron chi connectivity index (χ3n) is 3.80. The molecule has 0 spiro atoms. The van der Waals surface area contributed by atoms with Gasteiger partial charge in [0, 0.05) is 16.7 Å². The molecule has 1 aromatic carbocycles. The lowest BCUT2D eigenvalue weighted by Gasteiger charge is -2.03. The number of benzene rings is 1. The fraction of sp³-hybridized carbons (Fsp3) is 0.375. The number of anilines is 1. The molecule has 1 saturated carbocycles. The molecule has 1 heterocycles. The number of methoxy groups -OCH3 is 1. The fourth-order valence-corrected chi connectivity index (χ4v) is 3.19. The summed E-state index contributed by atoms with van der Waals surface area (Å²) in [4.78, 5) is 4.59. The Morgan fingerprint density at radius 2 is 2.33 bits per heavy atom. The van der Waals surface area contributed by atoms with Gasteiger partial charge in [-0.1, -0.05) is 19.1 Å². The third-order valence-corrected chi connectivity index (χ3v) is 4.55. The summed E-state index contributed by atoms with van der Waals surface area (Å²) in [6.45, 7) is 2.23. The summed E-state index contributed by atoms with van der Waals surface area (Å²) in [7, 11) is 1.67. The summed E-state index contributed by atoms with van der Waals surface area (Å²) >= 11 is 1.57. The maximum absolute atomic E-state index is 5.25. The maximum Gasteiger partial charge on any atom is 0.203 e. The second kappa shape index (κ2) is 6.26. The van der Waals surface area contributed by atoms with Crippen molar-refractivity contribution in [3.8, 4) is 17.0 Å². The molecule has 0 bridgehead atoms. The lowest BCUT2D eigenvalue weighted by atomic mass is 10.1. The van der Waals surface area contributed by atoms with Crippen molar-refractivity contribution in [1.82, 2.24) is 4.98 Å². The van der Waals surface area contributed by atoms with Crippen LogP contribution in [0.3, 0.4) is 0 Å². The number of nitrogens with zero attached hydrogens (tertiary/aromatic N) is 2. The topological polar surface area (TPSA) is 46.5 Å². The van der Waals surface area contributed by atoms with Crippen molar-refractivity contribution < 1.29 is 4.74 Å². The van der Waals surface area contributed by atoms with Gasteiger partial charge in [0.15, 0.2) is 0 Å². The number of hydrogen-bond acceptors (Lipinski definition) is 5. The Kier molecular flexibility index (Phi) is 4.20. The van der Waals surface area contributed by atoms with E-state index in [0.717, 1.165) is 28.6 Å². The van der Waals surface area contributed by atoms with E-state index in [4.69, 9.17) is 4.74 Å². The molecule has 4 nitrogen and oxygen atoms in total. The lowest BCUT2D eigenvalue weighted by Crippen LogP contribution is -2.04. The van der Waals surface area contributed by atoms with E-state index in [1.54, 1.807) is 18.4 Å². The Morgan fingerprint density at radius 3 is 3.10 bits per heavy atom. The predicted molar refractivity (Wildman–Crippen MR) is 88.2 cm³/mol. The van der Waals surface area contributed by atoms with Crippen LogP contribution in [0.4, 0.5) is 5.13 Å². The molecule has 3 rings (SSSR count). The first-order valence-corrected chi connectivity index (χ1v) is 8.06. The van der Waals surface area contributed by atoms with E-state index < -0.39 is 0 Å². The fourth-order valence-electron chi connectivity index (χ4n) is 2.53. The first-order chi connectivity index (χ1) is 10.3. The van der Waals surface area contributed by atoms with Crippen molar-refractivity contribution in [3.63, 3.8) is 0 Å². The average molecular weight is 301 g/mol. The van der Waals surface area contributed by atoms with Crippen LogP contribution in [0, 0.1) is 5.92 Å². The molecule has 1 fully saturated rings. The minimum absolute atomic E-state index is 0.593. The van der Waals surface area contributed by atoms with Crippen LogP contribution >= 0.6 is 11.3 Å². The van der Waals surface area contributed by atoms with E-state index in [1.165, 1.54) is 18.6 Å². The summed E-state index contributed by atoms with van der Waals surface area (Å²) in [5, 5.41) is 7.37. The highest BCUT2D eigenvalue weighted by Gasteiger charge is 2.17. The van der Waals surface area contributed by atoms with E-state index >= 15 is 0 Å². The van der Waals surface area contributed by atoms with E-state index in [0.29, 0.717) is 5.92 Å². The van der Waals surface area contributed by atoms with Crippen molar-refractivity contribution in [1.29, 1.82) is 0 Å². The first kappa shape index (κ1) is 14.1. The smallest absolute Gasteiger partial charge is 0.203 e.